The van der Waals surface area contributed by atoms with Gasteiger partial charge < -0.3 is 28.7 Å². The molecule has 0 saturated heterocycles. The van der Waals surface area contributed by atoms with E-state index in [0.717, 1.165) is 7.11 Å². The standard InChI is InChI=1S/C19H37N2O11P/c1-20(2)9-7-18(23)28-12-17(32-19(24)8-10-21(3)4)14-31-33(25,27-6)30-13-16(11-26-5)29-15-22/h15-17H,7-14H2,1-6H3. The van der Waals surface area contributed by atoms with E-state index in [1.807, 2.05) is 19.0 Å². The zero-order chi connectivity index (χ0) is 25.3. The molecule has 0 fully saturated rings. The molecule has 0 aliphatic carbocycles. The molecule has 0 spiro atoms. The number of ether oxygens (including phenoxy) is 4. The highest BCUT2D eigenvalue weighted by atomic mass is 31.2. The molecule has 14 heteroatoms. The summed E-state index contributed by atoms with van der Waals surface area (Å²) >= 11 is 0. The fourth-order valence-electron chi connectivity index (χ4n) is 2.13. The maximum atomic E-state index is 12.7. The van der Waals surface area contributed by atoms with Crippen molar-refractivity contribution >= 4 is 26.2 Å². The molecule has 3 atom stereocenters. The van der Waals surface area contributed by atoms with Crippen molar-refractivity contribution < 1.29 is 51.5 Å². The van der Waals surface area contributed by atoms with Gasteiger partial charge in [0, 0.05) is 27.3 Å². The first kappa shape index (κ1) is 31.4. The van der Waals surface area contributed by atoms with Crippen LogP contribution in [0.4, 0.5) is 0 Å². The number of carbonyl (C=O) groups is 3. The van der Waals surface area contributed by atoms with Crippen molar-refractivity contribution in [1.82, 2.24) is 9.80 Å². The van der Waals surface area contributed by atoms with Gasteiger partial charge in [0.2, 0.25) is 0 Å². The van der Waals surface area contributed by atoms with Gasteiger partial charge in [-0.15, -0.1) is 0 Å². The minimum atomic E-state index is -4.10. The number of phosphoric ester groups is 1. The van der Waals surface area contributed by atoms with E-state index >= 15 is 0 Å². The number of hydrogen-bond donors (Lipinski definition) is 0. The van der Waals surface area contributed by atoms with Gasteiger partial charge in [0.25, 0.3) is 6.47 Å². The largest absolute Gasteiger partial charge is 0.474 e. The van der Waals surface area contributed by atoms with Gasteiger partial charge in [0.05, 0.1) is 32.7 Å². The second-order valence-corrected chi connectivity index (χ2v) is 9.21. The lowest BCUT2D eigenvalue weighted by Crippen LogP contribution is -2.31. The molecule has 13 nitrogen and oxygen atoms in total. The second kappa shape index (κ2) is 17.8. The van der Waals surface area contributed by atoms with E-state index in [9.17, 15) is 18.9 Å². The van der Waals surface area contributed by atoms with E-state index in [1.165, 1.54) is 7.11 Å². The normalized spacial score (nSPS) is 15.0. The minimum absolute atomic E-state index is 0.00251. The number of carbonyl (C=O) groups excluding carboxylic acids is 3. The zero-order valence-electron chi connectivity index (χ0n) is 20.2. The number of nitrogens with zero attached hydrogens (tertiary/aromatic N) is 2. The van der Waals surface area contributed by atoms with Crippen LogP contribution in [-0.2, 0) is 51.5 Å². The maximum absolute atomic E-state index is 12.7. The smallest absolute Gasteiger partial charge is 0.462 e. The van der Waals surface area contributed by atoms with Gasteiger partial charge in [0.1, 0.15) is 12.7 Å². The third-order valence-corrected chi connectivity index (χ3v) is 5.29. The lowest BCUT2D eigenvalue weighted by molar-refractivity contribution is -0.161. The summed E-state index contributed by atoms with van der Waals surface area (Å²) in [5, 5.41) is 0. The topological polar surface area (TPSA) is 139 Å². The number of hydrogen-bond acceptors (Lipinski definition) is 13. The average Bonchev–Trinajstić information content (AvgIpc) is 2.76. The molecule has 0 radical (unpaired) electrons. The first-order valence-electron chi connectivity index (χ1n) is 10.2. The number of methoxy groups -OCH3 is 1. The van der Waals surface area contributed by atoms with Crippen LogP contribution < -0.4 is 0 Å². The molecule has 0 aromatic heterocycles. The third-order valence-electron chi connectivity index (χ3n) is 3.92. The Kier molecular flexibility index (Phi) is 17.0. The van der Waals surface area contributed by atoms with E-state index in [2.05, 4.69) is 0 Å². The molecule has 0 aromatic carbocycles. The second-order valence-electron chi connectivity index (χ2n) is 7.43. The van der Waals surface area contributed by atoms with Gasteiger partial charge in [-0.05, 0) is 28.2 Å². The summed E-state index contributed by atoms with van der Waals surface area (Å²) in [6, 6.07) is 0. The molecule has 0 heterocycles. The molecule has 0 rings (SSSR count). The van der Waals surface area contributed by atoms with Gasteiger partial charge in [-0.25, -0.2) is 4.57 Å². The Morgan fingerprint density at radius 2 is 1.39 bits per heavy atom. The van der Waals surface area contributed by atoms with Crippen molar-refractivity contribution in [3.63, 3.8) is 0 Å². The Hall–Kier alpha value is -1.60. The fourth-order valence-corrected chi connectivity index (χ4v) is 3.11. The highest BCUT2D eigenvalue weighted by Crippen LogP contribution is 2.48. The number of esters is 2. The maximum Gasteiger partial charge on any atom is 0.474 e. The van der Waals surface area contributed by atoms with Crippen molar-refractivity contribution in [3.05, 3.63) is 0 Å². The SMILES string of the molecule is COCC(COP(=O)(OC)OCC(COC(=O)CCN(C)C)OC(=O)CCN(C)C)OC=O. The summed E-state index contributed by atoms with van der Waals surface area (Å²) in [6.45, 7) is 0.0855. The molecule has 0 amide bonds. The predicted molar refractivity (Wildman–Crippen MR) is 117 cm³/mol. The van der Waals surface area contributed by atoms with Crippen LogP contribution in [0.3, 0.4) is 0 Å². The molecule has 0 aromatic rings. The molecule has 0 bridgehead atoms. The van der Waals surface area contributed by atoms with E-state index in [-0.39, 0.29) is 39.1 Å². The van der Waals surface area contributed by atoms with Crippen LogP contribution in [0.15, 0.2) is 0 Å². The molecule has 0 saturated carbocycles. The Bertz CT molecular complexity index is 619. The van der Waals surface area contributed by atoms with Crippen LogP contribution in [0.25, 0.3) is 0 Å². The van der Waals surface area contributed by atoms with Gasteiger partial charge in [-0.3, -0.25) is 28.0 Å². The van der Waals surface area contributed by atoms with Crippen LogP contribution in [0, 0.1) is 0 Å². The molecule has 33 heavy (non-hydrogen) atoms. The lowest BCUT2D eigenvalue weighted by atomic mass is 10.3. The van der Waals surface area contributed by atoms with Gasteiger partial charge in [-0.1, -0.05) is 0 Å². The van der Waals surface area contributed by atoms with Crippen molar-refractivity contribution in [3.8, 4) is 0 Å². The molecule has 0 N–H and O–H groups in total. The molecule has 194 valence electrons. The summed E-state index contributed by atoms with van der Waals surface area (Å²) in [5.41, 5.74) is 0. The Morgan fingerprint density at radius 3 is 1.88 bits per heavy atom. The van der Waals surface area contributed by atoms with Gasteiger partial charge in [0.15, 0.2) is 6.10 Å². The summed E-state index contributed by atoms with van der Waals surface area (Å²) in [4.78, 5) is 38.2. The predicted octanol–water partition coefficient (Wildman–Crippen LogP) is 0.321. The summed E-state index contributed by atoms with van der Waals surface area (Å²) in [7, 11) is 5.63. The Labute approximate surface area is 195 Å². The lowest BCUT2D eigenvalue weighted by Gasteiger charge is -2.23. The van der Waals surface area contributed by atoms with Crippen molar-refractivity contribution in [2.45, 2.75) is 25.0 Å². The van der Waals surface area contributed by atoms with Crippen molar-refractivity contribution in [2.24, 2.45) is 0 Å². The molecule has 0 aliphatic heterocycles. The van der Waals surface area contributed by atoms with Crippen molar-refractivity contribution in [1.29, 1.82) is 0 Å². The van der Waals surface area contributed by atoms with Crippen LogP contribution >= 0.6 is 7.82 Å². The molecular weight excluding hydrogens is 463 g/mol. The van der Waals surface area contributed by atoms with E-state index in [0.29, 0.717) is 13.1 Å². The summed E-state index contributed by atoms with van der Waals surface area (Å²) in [5.74, 6) is -1.04. The van der Waals surface area contributed by atoms with E-state index < -0.39 is 38.6 Å². The Morgan fingerprint density at radius 1 is 0.848 bits per heavy atom. The van der Waals surface area contributed by atoms with Crippen LogP contribution in [0.2, 0.25) is 0 Å². The van der Waals surface area contributed by atoms with E-state index in [1.54, 1.807) is 19.0 Å². The zero-order valence-corrected chi connectivity index (χ0v) is 21.1. The fraction of sp³-hybridized carbons (Fsp3) is 0.842. The number of rotatable bonds is 20. The quantitative estimate of drug-likeness (QED) is 0.0982. The highest BCUT2D eigenvalue weighted by molar-refractivity contribution is 7.48. The monoisotopic (exact) mass is 500 g/mol. The molecular formula is C19H37N2O11P. The number of phosphoric acid groups is 1. The Balaban J connectivity index is 4.98. The van der Waals surface area contributed by atoms with E-state index in [4.69, 9.17) is 32.5 Å². The van der Waals surface area contributed by atoms with Crippen LogP contribution in [0.5, 0.6) is 0 Å². The minimum Gasteiger partial charge on any atom is -0.462 e. The summed E-state index contributed by atoms with van der Waals surface area (Å²) in [6.07, 6.45) is -1.64. The van der Waals surface area contributed by atoms with Gasteiger partial charge in [-0.2, -0.15) is 0 Å². The van der Waals surface area contributed by atoms with Crippen LogP contribution in [-0.4, -0.2) is 122 Å². The van der Waals surface area contributed by atoms with Crippen molar-refractivity contribution in [2.75, 3.05) is 81.9 Å². The average molecular weight is 500 g/mol. The molecule has 0 aliphatic rings. The molecule has 3 unspecified atom stereocenters. The first-order chi connectivity index (χ1) is 15.5. The van der Waals surface area contributed by atoms with Gasteiger partial charge >= 0.3 is 19.8 Å². The highest BCUT2D eigenvalue weighted by Gasteiger charge is 2.30. The van der Waals surface area contributed by atoms with Crippen LogP contribution in [0.1, 0.15) is 12.8 Å². The third kappa shape index (κ3) is 16.6. The first-order valence-corrected chi connectivity index (χ1v) is 11.7. The summed E-state index contributed by atoms with van der Waals surface area (Å²) < 4.78 is 48.1.